The van der Waals surface area contributed by atoms with E-state index in [0.717, 1.165) is 10.0 Å². The van der Waals surface area contributed by atoms with Crippen LogP contribution in [-0.2, 0) is 11.2 Å². The molecule has 1 fully saturated rings. The maximum atomic E-state index is 12.4. The van der Waals surface area contributed by atoms with E-state index in [1.54, 1.807) is 6.07 Å². The molecule has 0 saturated carbocycles. The quantitative estimate of drug-likeness (QED) is 0.577. The number of nitro groups is 1. The fourth-order valence-corrected chi connectivity index (χ4v) is 3.01. The summed E-state index contributed by atoms with van der Waals surface area (Å²) in [6.45, 7) is 2.57. The normalized spacial score (nSPS) is 14.4. The Morgan fingerprint density at radius 1 is 1.12 bits per heavy atom. The van der Waals surface area contributed by atoms with Gasteiger partial charge in [0.2, 0.25) is 5.91 Å². The van der Waals surface area contributed by atoms with Gasteiger partial charge in [-0.05, 0) is 23.8 Å². The summed E-state index contributed by atoms with van der Waals surface area (Å²) in [5.74, 6) is 0.809. The molecule has 0 bridgehead atoms. The van der Waals surface area contributed by atoms with Crippen molar-refractivity contribution in [1.82, 2.24) is 9.88 Å². The van der Waals surface area contributed by atoms with Crippen molar-refractivity contribution in [2.75, 3.05) is 31.1 Å². The number of nitrogens with zero attached hydrogens (tertiary/aromatic N) is 4. The summed E-state index contributed by atoms with van der Waals surface area (Å²) in [6.07, 6.45) is 1.66. The van der Waals surface area contributed by atoms with Crippen LogP contribution in [0, 0.1) is 10.1 Å². The van der Waals surface area contributed by atoms with Crippen LogP contribution in [0.5, 0.6) is 0 Å². The average Bonchev–Trinajstić information content (AvgIpc) is 2.64. The lowest BCUT2D eigenvalue weighted by atomic mass is 10.1. The van der Waals surface area contributed by atoms with Crippen molar-refractivity contribution in [3.8, 4) is 0 Å². The van der Waals surface area contributed by atoms with Crippen LogP contribution in [0.2, 0.25) is 0 Å². The van der Waals surface area contributed by atoms with E-state index < -0.39 is 4.92 Å². The predicted molar refractivity (Wildman–Crippen MR) is 97.5 cm³/mol. The highest BCUT2D eigenvalue weighted by Crippen LogP contribution is 2.18. The zero-order valence-electron chi connectivity index (χ0n) is 13.5. The topological polar surface area (TPSA) is 79.6 Å². The number of amides is 1. The Hall–Kier alpha value is -2.48. The minimum atomic E-state index is -0.463. The maximum absolute atomic E-state index is 12.4. The molecule has 1 aliphatic heterocycles. The molecule has 0 aliphatic carbocycles. The van der Waals surface area contributed by atoms with Gasteiger partial charge in [0, 0.05) is 36.7 Å². The molecule has 1 aromatic heterocycles. The van der Waals surface area contributed by atoms with Crippen molar-refractivity contribution in [1.29, 1.82) is 0 Å². The summed E-state index contributed by atoms with van der Waals surface area (Å²) >= 11 is 3.39. The van der Waals surface area contributed by atoms with Crippen LogP contribution < -0.4 is 4.90 Å². The molecule has 1 saturated heterocycles. The highest BCUT2D eigenvalue weighted by atomic mass is 79.9. The lowest BCUT2D eigenvalue weighted by Gasteiger charge is -2.35. The van der Waals surface area contributed by atoms with E-state index in [1.165, 1.54) is 12.3 Å². The van der Waals surface area contributed by atoms with Gasteiger partial charge < -0.3 is 9.80 Å². The molecule has 1 aromatic carbocycles. The van der Waals surface area contributed by atoms with Crippen molar-refractivity contribution in [3.63, 3.8) is 0 Å². The van der Waals surface area contributed by atoms with Crippen LogP contribution in [0.25, 0.3) is 0 Å². The molecule has 1 amide bonds. The number of piperazine rings is 1. The Morgan fingerprint density at radius 3 is 2.36 bits per heavy atom. The van der Waals surface area contributed by atoms with Gasteiger partial charge in [-0.25, -0.2) is 4.98 Å². The fraction of sp³-hybridized carbons (Fsp3) is 0.294. The zero-order chi connectivity index (χ0) is 17.8. The van der Waals surface area contributed by atoms with Gasteiger partial charge >= 0.3 is 0 Å². The largest absolute Gasteiger partial charge is 0.353 e. The van der Waals surface area contributed by atoms with E-state index in [4.69, 9.17) is 0 Å². The molecule has 25 heavy (non-hydrogen) atoms. The number of anilines is 1. The van der Waals surface area contributed by atoms with Crippen molar-refractivity contribution >= 4 is 33.3 Å². The van der Waals surface area contributed by atoms with Crippen molar-refractivity contribution in [3.05, 3.63) is 62.7 Å². The monoisotopic (exact) mass is 404 g/mol. The highest BCUT2D eigenvalue weighted by molar-refractivity contribution is 9.10. The number of benzene rings is 1. The Labute approximate surface area is 153 Å². The number of hydrogen-bond acceptors (Lipinski definition) is 5. The van der Waals surface area contributed by atoms with Gasteiger partial charge in [-0.15, -0.1) is 0 Å². The number of aromatic nitrogens is 1. The molecule has 0 spiro atoms. The van der Waals surface area contributed by atoms with Crippen LogP contribution in [0.3, 0.4) is 0 Å². The smallest absolute Gasteiger partial charge is 0.287 e. The van der Waals surface area contributed by atoms with Gasteiger partial charge in [0.25, 0.3) is 5.69 Å². The molecule has 0 N–H and O–H groups in total. The number of pyridine rings is 1. The van der Waals surface area contributed by atoms with Gasteiger partial charge in [-0.1, -0.05) is 28.1 Å². The van der Waals surface area contributed by atoms with E-state index in [2.05, 4.69) is 20.9 Å². The Kier molecular flexibility index (Phi) is 5.28. The molecule has 0 unspecified atom stereocenters. The van der Waals surface area contributed by atoms with Crippen LogP contribution in [0.15, 0.2) is 47.1 Å². The van der Waals surface area contributed by atoms with Gasteiger partial charge in [-0.3, -0.25) is 14.9 Å². The summed E-state index contributed by atoms with van der Waals surface area (Å²) in [7, 11) is 0. The van der Waals surface area contributed by atoms with Crippen molar-refractivity contribution < 1.29 is 9.72 Å². The number of rotatable bonds is 4. The Bertz CT molecular complexity index is 756. The predicted octanol–water partition coefficient (Wildman–Crippen LogP) is 2.64. The first kappa shape index (κ1) is 17.3. The molecule has 2 aromatic rings. The van der Waals surface area contributed by atoms with E-state index in [0.29, 0.717) is 38.4 Å². The number of hydrogen-bond donors (Lipinski definition) is 0. The third-order valence-electron chi connectivity index (χ3n) is 4.17. The molecular weight excluding hydrogens is 388 g/mol. The van der Waals surface area contributed by atoms with E-state index in [-0.39, 0.29) is 11.6 Å². The van der Waals surface area contributed by atoms with Crippen LogP contribution in [0.4, 0.5) is 11.5 Å². The minimum absolute atomic E-state index is 0.0212. The molecule has 0 radical (unpaired) electrons. The molecule has 7 nitrogen and oxygen atoms in total. The van der Waals surface area contributed by atoms with Gasteiger partial charge in [0.1, 0.15) is 12.0 Å². The lowest BCUT2D eigenvalue weighted by molar-refractivity contribution is -0.385. The number of carbonyl (C=O) groups excluding carboxylic acids is 1. The van der Waals surface area contributed by atoms with Crippen molar-refractivity contribution in [2.24, 2.45) is 0 Å². The summed E-state index contributed by atoms with van der Waals surface area (Å²) < 4.78 is 0.993. The zero-order valence-corrected chi connectivity index (χ0v) is 15.1. The molecule has 0 atom stereocenters. The molecule has 1 aliphatic rings. The van der Waals surface area contributed by atoms with Gasteiger partial charge in [0.15, 0.2) is 0 Å². The van der Waals surface area contributed by atoms with E-state index in [1.807, 2.05) is 34.1 Å². The first-order chi connectivity index (χ1) is 12.0. The van der Waals surface area contributed by atoms with E-state index in [9.17, 15) is 14.9 Å². The molecule has 8 heteroatoms. The Balaban J connectivity index is 1.55. The van der Waals surface area contributed by atoms with E-state index >= 15 is 0 Å². The van der Waals surface area contributed by atoms with Gasteiger partial charge in [-0.2, -0.15) is 0 Å². The molecule has 2 heterocycles. The second-order valence-corrected chi connectivity index (χ2v) is 6.72. The fourth-order valence-electron chi connectivity index (χ4n) is 2.75. The number of carbonyl (C=O) groups is 1. The van der Waals surface area contributed by atoms with Crippen molar-refractivity contribution in [2.45, 2.75) is 6.42 Å². The second kappa shape index (κ2) is 7.60. The molecule has 3 rings (SSSR count). The first-order valence-corrected chi connectivity index (χ1v) is 8.70. The minimum Gasteiger partial charge on any atom is -0.353 e. The molecule has 130 valence electrons. The van der Waals surface area contributed by atoms with Crippen LogP contribution >= 0.6 is 15.9 Å². The number of halogens is 1. The average molecular weight is 405 g/mol. The summed E-state index contributed by atoms with van der Waals surface area (Å²) in [5, 5.41) is 10.7. The summed E-state index contributed by atoms with van der Waals surface area (Å²) in [4.78, 5) is 30.7. The highest BCUT2D eigenvalue weighted by Gasteiger charge is 2.22. The molecular formula is C17H17BrN4O3. The van der Waals surface area contributed by atoms with Crippen LogP contribution in [0.1, 0.15) is 5.56 Å². The first-order valence-electron chi connectivity index (χ1n) is 7.90. The Morgan fingerprint density at radius 2 is 1.80 bits per heavy atom. The third-order valence-corrected chi connectivity index (χ3v) is 4.70. The SMILES string of the molecule is O=C(Cc1ccc(Br)cc1)N1CCN(c2ccc([N+](=O)[O-])cn2)CC1. The maximum Gasteiger partial charge on any atom is 0.287 e. The third kappa shape index (κ3) is 4.33. The van der Waals surface area contributed by atoms with Gasteiger partial charge in [0.05, 0.1) is 11.3 Å². The second-order valence-electron chi connectivity index (χ2n) is 5.80. The standard InChI is InChI=1S/C17H17BrN4O3/c18-14-3-1-13(2-4-14)11-17(23)21-9-7-20(8-10-21)16-6-5-15(12-19-16)22(24)25/h1-6,12H,7-11H2. The summed E-state index contributed by atoms with van der Waals surface area (Å²) in [6, 6.07) is 10.9. The lowest BCUT2D eigenvalue weighted by Crippen LogP contribution is -2.49. The summed E-state index contributed by atoms with van der Waals surface area (Å²) in [5.41, 5.74) is 0.972. The van der Waals surface area contributed by atoms with Crippen LogP contribution in [-0.4, -0.2) is 46.9 Å².